The van der Waals surface area contributed by atoms with Crippen LogP contribution in [-0.4, -0.2) is 47.3 Å². The van der Waals surface area contributed by atoms with Crippen molar-refractivity contribution in [1.29, 1.82) is 0 Å². The molecule has 2 aromatic heterocycles. The Morgan fingerprint density at radius 3 is 2.57 bits per heavy atom. The minimum atomic E-state index is -3.45. The molecule has 0 N–H and O–H groups in total. The number of piperidine rings is 1. The van der Waals surface area contributed by atoms with Crippen LogP contribution in [0.3, 0.4) is 0 Å². The van der Waals surface area contributed by atoms with Crippen molar-refractivity contribution in [1.82, 2.24) is 18.8 Å². The van der Waals surface area contributed by atoms with Gasteiger partial charge in [-0.05, 0) is 68.9 Å². The zero-order valence-electron chi connectivity index (χ0n) is 18.0. The lowest BCUT2D eigenvalue weighted by molar-refractivity contribution is 0.308. The third-order valence-electron chi connectivity index (χ3n) is 5.86. The minimum Gasteiger partial charge on any atom is -0.327 e. The molecule has 4 rings (SSSR count). The van der Waals surface area contributed by atoms with Gasteiger partial charge in [-0.2, -0.15) is 4.31 Å². The van der Waals surface area contributed by atoms with Gasteiger partial charge in [0.25, 0.3) is 0 Å². The van der Waals surface area contributed by atoms with E-state index < -0.39 is 10.0 Å². The number of aromatic nitrogens is 2. The fourth-order valence-corrected chi connectivity index (χ4v) is 6.68. The van der Waals surface area contributed by atoms with Crippen LogP contribution < -0.4 is 0 Å². The van der Waals surface area contributed by atoms with E-state index in [9.17, 15) is 8.42 Å². The highest BCUT2D eigenvalue weighted by molar-refractivity contribution is 7.89. The Hall–Kier alpha value is -1.74. The number of hydrogen-bond acceptors (Lipinski definition) is 5. The van der Waals surface area contributed by atoms with Crippen molar-refractivity contribution in [3.8, 4) is 0 Å². The van der Waals surface area contributed by atoms with Crippen LogP contribution in [0.1, 0.15) is 42.5 Å². The predicted octanol–water partition coefficient (Wildman–Crippen LogP) is 4.23. The molecular formula is C22H30N4O2S2. The molecule has 1 saturated heterocycles. The molecular weight excluding hydrogens is 416 g/mol. The predicted molar refractivity (Wildman–Crippen MR) is 122 cm³/mol. The van der Waals surface area contributed by atoms with E-state index in [-0.39, 0.29) is 0 Å². The number of aryl methyl sites for hydroxylation is 2. The molecule has 3 heterocycles. The molecule has 0 unspecified atom stereocenters. The van der Waals surface area contributed by atoms with Gasteiger partial charge in [0, 0.05) is 31.1 Å². The Labute approximate surface area is 183 Å². The number of rotatable bonds is 7. The SMILES string of the molecule is CCn1c(CN(C)Cc2sccc2C)nc2cc(S(=O)(=O)N3CCCCC3)ccc21. The van der Waals surface area contributed by atoms with Gasteiger partial charge in [0.05, 0.1) is 22.5 Å². The normalized spacial score (nSPS) is 16.0. The molecule has 1 aliphatic rings. The van der Waals surface area contributed by atoms with Crippen molar-refractivity contribution in [3.63, 3.8) is 0 Å². The molecule has 1 fully saturated rings. The van der Waals surface area contributed by atoms with Crippen LogP contribution in [0.2, 0.25) is 0 Å². The molecule has 3 aromatic rings. The lowest BCUT2D eigenvalue weighted by Crippen LogP contribution is -2.35. The lowest BCUT2D eigenvalue weighted by Gasteiger charge is -2.25. The van der Waals surface area contributed by atoms with Crippen LogP contribution in [0.15, 0.2) is 34.5 Å². The summed E-state index contributed by atoms with van der Waals surface area (Å²) in [5.41, 5.74) is 3.07. The molecule has 162 valence electrons. The first-order valence-corrected chi connectivity index (χ1v) is 12.9. The van der Waals surface area contributed by atoms with E-state index in [1.54, 1.807) is 27.8 Å². The molecule has 0 atom stereocenters. The maximum absolute atomic E-state index is 13.1. The maximum Gasteiger partial charge on any atom is 0.243 e. The summed E-state index contributed by atoms with van der Waals surface area (Å²) in [5, 5.41) is 2.13. The quantitative estimate of drug-likeness (QED) is 0.545. The largest absolute Gasteiger partial charge is 0.327 e. The summed E-state index contributed by atoms with van der Waals surface area (Å²) >= 11 is 1.78. The molecule has 1 aliphatic heterocycles. The van der Waals surface area contributed by atoms with Crippen LogP contribution in [0.5, 0.6) is 0 Å². The highest BCUT2D eigenvalue weighted by Crippen LogP contribution is 2.26. The van der Waals surface area contributed by atoms with Crippen LogP contribution >= 0.6 is 11.3 Å². The van der Waals surface area contributed by atoms with Gasteiger partial charge in [0.15, 0.2) is 0 Å². The number of sulfonamides is 1. The summed E-state index contributed by atoms with van der Waals surface area (Å²) in [4.78, 5) is 8.82. The molecule has 0 amide bonds. The molecule has 6 nitrogen and oxygen atoms in total. The van der Waals surface area contributed by atoms with Gasteiger partial charge in [-0.3, -0.25) is 4.90 Å². The van der Waals surface area contributed by atoms with Crippen LogP contribution in [0, 0.1) is 6.92 Å². The molecule has 0 radical (unpaired) electrons. The van der Waals surface area contributed by atoms with Crippen molar-refractivity contribution in [2.45, 2.75) is 57.6 Å². The van der Waals surface area contributed by atoms with Crippen molar-refractivity contribution in [2.75, 3.05) is 20.1 Å². The highest BCUT2D eigenvalue weighted by atomic mass is 32.2. The van der Waals surface area contributed by atoms with Gasteiger partial charge in [-0.25, -0.2) is 13.4 Å². The Bertz CT molecular complexity index is 1130. The summed E-state index contributed by atoms with van der Waals surface area (Å²) in [7, 11) is -1.35. The maximum atomic E-state index is 13.1. The molecule has 0 bridgehead atoms. The van der Waals surface area contributed by atoms with Gasteiger partial charge in [-0.1, -0.05) is 6.42 Å². The molecule has 1 aromatic carbocycles. The Morgan fingerprint density at radius 2 is 1.90 bits per heavy atom. The van der Waals surface area contributed by atoms with Gasteiger partial charge in [0.1, 0.15) is 5.82 Å². The Balaban J connectivity index is 1.61. The van der Waals surface area contributed by atoms with Crippen molar-refractivity contribution >= 4 is 32.4 Å². The van der Waals surface area contributed by atoms with E-state index >= 15 is 0 Å². The second-order valence-corrected chi connectivity index (χ2v) is 11.0. The summed E-state index contributed by atoms with van der Waals surface area (Å²) in [6, 6.07) is 7.55. The zero-order chi connectivity index (χ0) is 21.3. The summed E-state index contributed by atoms with van der Waals surface area (Å²) in [5.74, 6) is 0.969. The number of hydrogen-bond donors (Lipinski definition) is 0. The summed E-state index contributed by atoms with van der Waals surface area (Å²) in [6.07, 6.45) is 2.98. The van der Waals surface area contributed by atoms with Gasteiger partial charge < -0.3 is 4.57 Å². The molecule has 0 saturated carbocycles. The number of benzene rings is 1. The van der Waals surface area contributed by atoms with E-state index in [0.717, 1.165) is 49.2 Å². The Kier molecular flexibility index (Phi) is 6.29. The fourth-order valence-electron chi connectivity index (χ4n) is 4.16. The summed E-state index contributed by atoms with van der Waals surface area (Å²) < 4.78 is 29.9. The van der Waals surface area contributed by atoms with E-state index in [0.29, 0.717) is 24.5 Å². The number of fused-ring (bicyclic) bond motifs is 1. The van der Waals surface area contributed by atoms with Crippen LogP contribution in [0.4, 0.5) is 0 Å². The van der Waals surface area contributed by atoms with Crippen LogP contribution in [0.25, 0.3) is 11.0 Å². The third kappa shape index (κ3) is 4.19. The fraction of sp³-hybridized carbons (Fsp3) is 0.500. The van der Waals surface area contributed by atoms with E-state index in [4.69, 9.17) is 4.98 Å². The molecule has 30 heavy (non-hydrogen) atoms. The topological polar surface area (TPSA) is 58.4 Å². The van der Waals surface area contributed by atoms with Crippen molar-refractivity contribution in [3.05, 3.63) is 45.9 Å². The average Bonchev–Trinajstić information content (AvgIpc) is 3.30. The minimum absolute atomic E-state index is 0.353. The molecule has 0 spiro atoms. The van der Waals surface area contributed by atoms with E-state index in [1.165, 1.54) is 10.4 Å². The molecule has 8 heteroatoms. The first kappa shape index (κ1) is 21.5. The van der Waals surface area contributed by atoms with Gasteiger partial charge >= 0.3 is 0 Å². The van der Waals surface area contributed by atoms with Crippen LogP contribution in [-0.2, 0) is 29.7 Å². The smallest absolute Gasteiger partial charge is 0.243 e. The zero-order valence-corrected chi connectivity index (χ0v) is 19.6. The first-order valence-electron chi connectivity index (χ1n) is 10.6. The highest BCUT2D eigenvalue weighted by Gasteiger charge is 2.26. The standard InChI is InChI=1S/C22H30N4O2S2/c1-4-26-20-9-8-18(30(27,28)25-11-6-5-7-12-25)14-19(20)23-22(26)16-24(3)15-21-17(2)10-13-29-21/h8-10,13-14H,4-7,11-12,15-16H2,1-3H3. The van der Waals surface area contributed by atoms with Gasteiger partial charge in [0.2, 0.25) is 10.0 Å². The van der Waals surface area contributed by atoms with Crippen molar-refractivity contribution in [2.24, 2.45) is 0 Å². The number of imidazole rings is 1. The first-order chi connectivity index (χ1) is 14.4. The number of nitrogens with zero attached hydrogens (tertiary/aromatic N) is 4. The lowest BCUT2D eigenvalue weighted by atomic mass is 10.2. The van der Waals surface area contributed by atoms with Crippen molar-refractivity contribution < 1.29 is 8.42 Å². The molecule has 0 aliphatic carbocycles. The number of thiophene rings is 1. The van der Waals surface area contributed by atoms with Gasteiger partial charge in [-0.15, -0.1) is 11.3 Å². The van der Waals surface area contributed by atoms with E-state index in [2.05, 4.69) is 41.8 Å². The second-order valence-electron chi connectivity index (χ2n) is 8.09. The third-order valence-corrected chi connectivity index (χ3v) is 8.76. The average molecular weight is 447 g/mol. The Morgan fingerprint density at radius 1 is 1.13 bits per heavy atom. The van der Waals surface area contributed by atoms with E-state index in [1.807, 2.05) is 6.07 Å². The summed E-state index contributed by atoms with van der Waals surface area (Å²) in [6.45, 7) is 7.87. The monoisotopic (exact) mass is 446 g/mol. The second kappa shape index (κ2) is 8.78.